The molecule has 1 heteroatoms. The van der Waals surface area contributed by atoms with Crippen LogP contribution in [0.25, 0.3) is 0 Å². The molecule has 0 amide bonds. The minimum Gasteiger partial charge on any atom is -0.303 e. The third-order valence-corrected chi connectivity index (χ3v) is 3.22. The Hall–Kier alpha value is -1.11. The third-order valence-electron chi connectivity index (χ3n) is 3.22. The lowest BCUT2D eigenvalue weighted by molar-refractivity contribution is -0.108. The number of rotatable bonds is 7. The molecule has 1 nitrogen and oxygen atoms in total. The van der Waals surface area contributed by atoms with Crippen molar-refractivity contribution in [3.63, 3.8) is 0 Å². The molecule has 0 aliphatic carbocycles. The second-order valence-electron chi connectivity index (χ2n) is 5.33. The fraction of sp³-hybridized carbons (Fsp3) is 0.562. The SMILES string of the molecule is CC(C)CCCc1cccc([C@H](C)CC=O)c1. The normalized spacial score (nSPS) is 12.7. The second-order valence-corrected chi connectivity index (χ2v) is 5.33. The van der Waals surface area contributed by atoms with Crippen LogP contribution in [0.5, 0.6) is 0 Å². The zero-order valence-corrected chi connectivity index (χ0v) is 11.3. The molecule has 0 heterocycles. The van der Waals surface area contributed by atoms with Gasteiger partial charge in [-0.1, -0.05) is 51.5 Å². The van der Waals surface area contributed by atoms with E-state index >= 15 is 0 Å². The van der Waals surface area contributed by atoms with E-state index in [0.29, 0.717) is 12.3 Å². The van der Waals surface area contributed by atoms with Gasteiger partial charge in [0.05, 0.1) is 0 Å². The van der Waals surface area contributed by atoms with Gasteiger partial charge in [0.1, 0.15) is 6.29 Å². The highest BCUT2D eigenvalue weighted by molar-refractivity contribution is 5.51. The van der Waals surface area contributed by atoms with Gasteiger partial charge in [-0.05, 0) is 35.8 Å². The van der Waals surface area contributed by atoms with Crippen molar-refractivity contribution in [1.82, 2.24) is 0 Å². The molecule has 0 aliphatic rings. The van der Waals surface area contributed by atoms with E-state index in [-0.39, 0.29) is 0 Å². The standard InChI is InChI=1S/C16H24O/c1-13(2)6-4-7-15-8-5-9-16(12-15)14(3)10-11-17/h5,8-9,11-14H,4,6-7,10H2,1-3H3/t14-/m1/s1. The van der Waals surface area contributed by atoms with Gasteiger partial charge in [-0.25, -0.2) is 0 Å². The summed E-state index contributed by atoms with van der Waals surface area (Å²) in [6.07, 6.45) is 5.32. The molecule has 0 aliphatic heterocycles. The minimum atomic E-state index is 0.345. The van der Waals surface area contributed by atoms with Crippen molar-refractivity contribution in [1.29, 1.82) is 0 Å². The van der Waals surface area contributed by atoms with E-state index in [4.69, 9.17) is 0 Å². The Labute approximate surface area is 105 Å². The number of benzene rings is 1. The van der Waals surface area contributed by atoms with Crippen molar-refractivity contribution in [3.8, 4) is 0 Å². The lowest BCUT2D eigenvalue weighted by Gasteiger charge is -2.10. The first-order valence-electron chi connectivity index (χ1n) is 6.66. The minimum absolute atomic E-state index is 0.345. The first-order valence-corrected chi connectivity index (χ1v) is 6.66. The average molecular weight is 232 g/mol. The van der Waals surface area contributed by atoms with Crippen molar-refractivity contribution in [2.75, 3.05) is 0 Å². The van der Waals surface area contributed by atoms with Crippen LogP contribution in [0.2, 0.25) is 0 Å². The number of hydrogen-bond acceptors (Lipinski definition) is 1. The maximum absolute atomic E-state index is 10.5. The maximum Gasteiger partial charge on any atom is 0.120 e. The predicted molar refractivity (Wildman–Crippen MR) is 73.3 cm³/mol. The van der Waals surface area contributed by atoms with Gasteiger partial charge >= 0.3 is 0 Å². The molecule has 0 fully saturated rings. The molecule has 1 rings (SSSR count). The smallest absolute Gasteiger partial charge is 0.120 e. The molecular weight excluding hydrogens is 208 g/mol. The fourth-order valence-electron chi connectivity index (χ4n) is 2.05. The van der Waals surface area contributed by atoms with Gasteiger partial charge in [-0.3, -0.25) is 0 Å². The number of aryl methyl sites for hydroxylation is 1. The summed E-state index contributed by atoms with van der Waals surface area (Å²) in [6, 6.07) is 8.69. The van der Waals surface area contributed by atoms with E-state index in [1.807, 2.05) is 0 Å². The molecule has 0 saturated heterocycles. The van der Waals surface area contributed by atoms with Crippen molar-refractivity contribution in [3.05, 3.63) is 35.4 Å². The molecule has 0 spiro atoms. The molecule has 0 N–H and O–H groups in total. The molecule has 0 radical (unpaired) electrons. The quantitative estimate of drug-likeness (QED) is 0.638. The maximum atomic E-state index is 10.5. The van der Waals surface area contributed by atoms with Crippen LogP contribution in [0.3, 0.4) is 0 Å². The summed E-state index contributed by atoms with van der Waals surface area (Å²) in [4.78, 5) is 10.5. The van der Waals surface area contributed by atoms with Crippen LogP contribution in [0.4, 0.5) is 0 Å². The van der Waals surface area contributed by atoms with Gasteiger partial charge in [0.2, 0.25) is 0 Å². The molecule has 1 atom stereocenters. The van der Waals surface area contributed by atoms with Gasteiger partial charge in [0, 0.05) is 6.42 Å². The van der Waals surface area contributed by atoms with E-state index in [9.17, 15) is 4.79 Å². The highest BCUT2D eigenvalue weighted by Gasteiger charge is 2.05. The summed E-state index contributed by atoms with van der Waals surface area (Å²) in [6.45, 7) is 6.65. The summed E-state index contributed by atoms with van der Waals surface area (Å²) >= 11 is 0. The van der Waals surface area contributed by atoms with Gasteiger partial charge in [-0.2, -0.15) is 0 Å². The zero-order chi connectivity index (χ0) is 12.7. The number of carbonyl (C=O) groups excluding carboxylic acids is 1. The van der Waals surface area contributed by atoms with Crippen LogP contribution in [0, 0.1) is 5.92 Å². The summed E-state index contributed by atoms with van der Waals surface area (Å²) in [5.41, 5.74) is 2.69. The molecule has 1 aromatic rings. The molecule has 1 aromatic carbocycles. The molecule has 0 bridgehead atoms. The third kappa shape index (κ3) is 5.16. The van der Waals surface area contributed by atoms with Crippen LogP contribution in [-0.2, 0) is 11.2 Å². The van der Waals surface area contributed by atoms with Crippen LogP contribution >= 0.6 is 0 Å². The molecule has 94 valence electrons. The highest BCUT2D eigenvalue weighted by Crippen LogP contribution is 2.20. The van der Waals surface area contributed by atoms with Crippen molar-refractivity contribution in [2.45, 2.75) is 52.4 Å². The van der Waals surface area contributed by atoms with E-state index in [0.717, 1.165) is 18.6 Å². The first kappa shape index (κ1) is 14.0. The van der Waals surface area contributed by atoms with Crippen LogP contribution in [0.1, 0.15) is 57.1 Å². The fourth-order valence-corrected chi connectivity index (χ4v) is 2.05. The van der Waals surface area contributed by atoms with Crippen molar-refractivity contribution in [2.24, 2.45) is 5.92 Å². The number of aldehydes is 1. The number of hydrogen-bond donors (Lipinski definition) is 0. The summed E-state index contributed by atoms with van der Waals surface area (Å²) in [5, 5.41) is 0. The van der Waals surface area contributed by atoms with E-state index in [1.54, 1.807) is 0 Å². The Balaban J connectivity index is 2.56. The molecule has 0 aromatic heterocycles. The van der Waals surface area contributed by atoms with Crippen LogP contribution in [-0.4, -0.2) is 6.29 Å². The lowest BCUT2D eigenvalue weighted by Crippen LogP contribution is -1.96. The predicted octanol–water partition coefficient (Wildman–Crippen LogP) is 4.36. The zero-order valence-electron chi connectivity index (χ0n) is 11.3. The van der Waals surface area contributed by atoms with Gasteiger partial charge in [0.25, 0.3) is 0 Å². The Morgan fingerprint density at radius 2 is 2.00 bits per heavy atom. The molecule has 17 heavy (non-hydrogen) atoms. The van der Waals surface area contributed by atoms with E-state index < -0.39 is 0 Å². The first-order chi connectivity index (χ1) is 8.13. The Morgan fingerprint density at radius 1 is 1.24 bits per heavy atom. The van der Waals surface area contributed by atoms with Gasteiger partial charge < -0.3 is 4.79 Å². The lowest BCUT2D eigenvalue weighted by atomic mass is 9.95. The Kier molecular flexibility index (Phi) is 5.96. The number of carbonyl (C=O) groups is 1. The van der Waals surface area contributed by atoms with Gasteiger partial charge in [0.15, 0.2) is 0 Å². The summed E-state index contributed by atoms with van der Waals surface area (Å²) in [7, 11) is 0. The molecular formula is C16H24O. The van der Waals surface area contributed by atoms with Crippen molar-refractivity contribution < 1.29 is 4.79 Å². The van der Waals surface area contributed by atoms with Crippen molar-refractivity contribution >= 4 is 6.29 Å². The Morgan fingerprint density at radius 3 is 2.65 bits per heavy atom. The molecule has 0 unspecified atom stereocenters. The largest absolute Gasteiger partial charge is 0.303 e. The summed E-state index contributed by atoms with van der Waals surface area (Å²) in [5.74, 6) is 1.13. The van der Waals surface area contributed by atoms with E-state index in [1.165, 1.54) is 24.0 Å². The Bertz CT molecular complexity index is 341. The second kappa shape index (κ2) is 7.26. The average Bonchev–Trinajstić information content (AvgIpc) is 2.29. The van der Waals surface area contributed by atoms with E-state index in [2.05, 4.69) is 45.0 Å². The monoisotopic (exact) mass is 232 g/mol. The van der Waals surface area contributed by atoms with Gasteiger partial charge in [-0.15, -0.1) is 0 Å². The molecule has 0 saturated carbocycles. The topological polar surface area (TPSA) is 17.1 Å². The van der Waals surface area contributed by atoms with Crippen LogP contribution < -0.4 is 0 Å². The summed E-state index contributed by atoms with van der Waals surface area (Å²) < 4.78 is 0. The van der Waals surface area contributed by atoms with Crippen LogP contribution in [0.15, 0.2) is 24.3 Å². The highest BCUT2D eigenvalue weighted by atomic mass is 16.1.